The second-order valence-electron chi connectivity index (χ2n) is 8.15. The lowest BCUT2D eigenvalue weighted by atomic mass is 9.72. The van der Waals surface area contributed by atoms with Gasteiger partial charge in [0.2, 0.25) is 5.91 Å². The summed E-state index contributed by atoms with van der Waals surface area (Å²) in [6, 6.07) is 1.75. The van der Waals surface area contributed by atoms with Gasteiger partial charge in [0.05, 0.1) is 10.6 Å². The Morgan fingerprint density at radius 1 is 1.36 bits per heavy atom. The Morgan fingerprint density at radius 3 is 2.79 bits per heavy atom. The zero-order chi connectivity index (χ0) is 20.5. The molecular formula is C19H27N5O2S2. The van der Waals surface area contributed by atoms with Gasteiger partial charge in [-0.3, -0.25) is 10.1 Å². The van der Waals surface area contributed by atoms with E-state index in [2.05, 4.69) is 47.7 Å². The van der Waals surface area contributed by atoms with Crippen LogP contribution in [0.2, 0.25) is 0 Å². The molecule has 7 nitrogen and oxygen atoms in total. The molecule has 2 heterocycles. The highest BCUT2D eigenvalue weighted by Crippen LogP contribution is 2.42. The number of aromatic nitrogens is 3. The van der Waals surface area contributed by atoms with E-state index in [1.165, 1.54) is 35.7 Å². The van der Waals surface area contributed by atoms with E-state index >= 15 is 0 Å². The van der Waals surface area contributed by atoms with Gasteiger partial charge in [0, 0.05) is 19.0 Å². The smallest absolute Gasteiger partial charge is 0.321 e. The van der Waals surface area contributed by atoms with Crippen molar-refractivity contribution in [1.82, 2.24) is 25.4 Å². The molecule has 0 aromatic carbocycles. The molecule has 0 spiro atoms. The lowest BCUT2D eigenvalue weighted by Crippen LogP contribution is -2.38. The third-order valence-electron chi connectivity index (χ3n) is 5.18. The molecule has 0 bridgehead atoms. The number of thiophene rings is 1. The number of rotatable bonds is 4. The maximum atomic E-state index is 11.8. The van der Waals surface area contributed by atoms with Gasteiger partial charge in [0.25, 0.3) is 0 Å². The maximum absolute atomic E-state index is 11.8. The van der Waals surface area contributed by atoms with E-state index in [1.54, 1.807) is 11.3 Å². The molecule has 1 aliphatic carbocycles. The summed E-state index contributed by atoms with van der Waals surface area (Å²) in [7, 11) is 3.38. The summed E-state index contributed by atoms with van der Waals surface area (Å²) in [6.45, 7) is 6.97. The number of carbonyl (C=O) groups excluding carboxylic acids is 2. The standard InChI is InChI=1S/C19H27N5O2S2/c1-19(2,3)12-6-7-13-11(8-12)9-14(28-13)16-22-23-18(24(16)5)27-10-15(25)21-17(26)20-4/h9,12H,6-8,10H2,1-5H3,(H2,20,21,25,26)/t12-/m0/s1. The van der Waals surface area contributed by atoms with Crippen LogP contribution >= 0.6 is 23.1 Å². The summed E-state index contributed by atoms with van der Waals surface area (Å²) in [5, 5.41) is 13.8. The van der Waals surface area contributed by atoms with Crippen LogP contribution in [0.15, 0.2) is 11.2 Å². The first-order chi connectivity index (χ1) is 13.2. The molecule has 2 aromatic rings. The fourth-order valence-electron chi connectivity index (χ4n) is 3.38. The van der Waals surface area contributed by atoms with E-state index < -0.39 is 6.03 Å². The molecule has 0 aliphatic heterocycles. The van der Waals surface area contributed by atoms with Crippen LogP contribution < -0.4 is 10.6 Å². The topological polar surface area (TPSA) is 88.9 Å². The van der Waals surface area contributed by atoms with E-state index in [9.17, 15) is 9.59 Å². The van der Waals surface area contributed by atoms with E-state index in [1.807, 2.05) is 11.6 Å². The quantitative estimate of drug-likeness (QED) is 0.740. The van der Waals surface area contributed by atoms with E-state index in [4.69, 9.17) is 0 Å². The molecule has 2 N–H and O–H groups in total. The summed E-state index contributed by atoms with van der Waals surface area (Å²) in [5.74, 6) is 1.26. The van der Waals surface area contributed by atoms with Gasteiger partial charge >= 0.3 is 6.03 Å². The number of thioether (sulfide) groups is 1. The Bertz CT molecular complexity index is 882. The molecule has 3 rings (SSSR count). The van der Waals surface area contributed by atoms with Gasteiger partial charge < -0.3 is 9.88 Å². The van der Waals surface area contributed by atoms with Crippen LogP contribution in [0, 0.1) is 11.3 Å². The van der Waals surface area contributed by atoms with Crippen LogP contribution in [0.4, 0.5) is 4.79 Å². The number of aryl methyl sites for hydroxylation is 1. The minimum atomic E-state index is -0.512. The Balaban J connectivity index is 1.70. The van der Waals surface area contributed by atoms with Crippen LogP contribution in [0.25, 0.3) is 10.7 Å². The molecule has 28 heavy (non-hydrogen) atoms. The summed E-state index contributed by atoms with van der Waals surface area (Å²) in [5.41, 5.74) is 1.76. The SMILES string of the molecule is CNC(=O)NC(=O)CSc1nnc(-c2cc3c(s2)CC[C@H](C(C)(C)C)C3)n1C. The first-order valence-corrected chi connectivity index (χ1v) is 11.1. The Kier molecular flexibility index (Phi) is 6.14. The molecule has 0 radical (unpaired) electrons. The molecule has 0 saturated carbocycles. The van der Waals surface area contributed by atoms with Gasteiger partial charge in [0.1, 0.15) is 0 Å². The number of amides is 3. The average molecular weight is 422 g/mol. The van der Waals surface area contributed by atoms with Crippen molar-refractivity contribution < 1.29 is 9.59 Å². The summed E-state index contributed by atoms with van der Waals surface area (Å²) < 4.78 is 1.91. The molecule has 0 unspecified atom stereocenters. The normalized spacial score (nSPS) is 16.5. The lowest BCUT2D eigenvalue weighted by Gasteiger charge is -2.33. The molecule has 152 valence electrons. The number of hydrogen-bond donors (Lipinski definition) is 2. The molecule has 3 amide bonds. The van der Waals surface area contributed by atoms with Crippen molar-refractivity contribution in [1.29, 1.82) is 0 Å². The lowest BCUT2D eigenvalue weighted by molar-refractivity contribution is -0.117. The van der Waals surface area contributed by atoms with E-state index in [-0.39, 0.29) is 11.7 Å². The number of fused-ring (bicyclic) bond motifs is 1. The Labute approximate surface area is 173 Å². The van der Waals surface area contributed by atoms with Crippen molar-refractivity contribution in [2.45, 2.75) is 45.2 Å². The first kappa shape index (κ1) is 20.9. The average Bonchev–Trinajstić information content (AvgIpc) is 3.21. The predicted octanol–water partition coefficient (Wildman–Crippen LogP) is 3.24. The number of carbonyl (C=O) groups is 2. The van der Waals surface area contributed by atoms with Crippen molar-refractivity contribution in [3.05, 3.63) is 16.5 Å². The first-order valence-electron chi connectivity index (χ1n) is 9.34. The summed E-state index contributed by atoms with van der Waals surface area (Å²) in [6.07, 6.45) is 3.48. The van der Waals surface area contributed by atoms with Crippen molar-refractivity contribution in [2.75, 3.05) is 12.8 Å². The summed E-state index contributed by atoms with van der Waals surface area (Å²) >= 11 is 3.06. The number of urea groups is 1. The third-order valence-corrected chi connectivity index (χ3v) is 7.43. The number of hydrogen-bond acceptors (Lipinski definition) is 6. The van der Waals surface area contributed by atoms with Gasteiger partial charge in [-0.05, 0) is 42.2 Å². The highest BCUT2D eigenvalue weighted by molar-refractivity contribution is 7.99. The fraction of sp³-hybridized carbons (Fsp3) is 0.579. The van der Waals surface area contributed by atoms with Crippen LogP contribution in [-0.2, 0) is 24.7 Å². The number of imide groups is 1. The van der Waals surface area contributed by atoms with Gasteiger partial charge in [-0.2, -0.15) is 0 Å². The maximum Gasteiger partial charge on any atom is 0.321 e. The van der Waals surface area contributed by atoms with Crippen molar-refractivity contribution >= 4 is 35.0 Å². The van der Waals surface area contributed by atoms with Crippen LogP contribution in [-0.4, -0.2) is 39.5 Å². The molecule has 0 saturated heterocycles. The zero-order valence-corrected chi connectivity index (χ0v) is 18.6. The van der Waals surface area contributed by atoms with Crippen LogP contribution in [0.3, 0.4) is 0 Å². The number of nitrogens with zero attached hydrogens (tertiary/aromatic N) is 3. The molecule has 0 fully saturated rings. The van der Waals surface area contributed by atoms with E-state index in [0.29, 0.717) is 16.5 Å². The zero-order valence-electron chi connectivity index (χ0n) is 17.0. The minimum absolute atomic E-state index is 0.105. The monoisotopic (exact) mass is 421 g/mol. The highest BCUT2D eigenvalue weighted by atomic mass is 32.2. The highest BCUT2D eigenvalue weighted by Gasteiger charge is 2.30. The number of nitrogens with one attached hydrogen (secondary N) is 2. The van der Waals surface area contributed by atoms with Crippen LogP contribution in [0.5, 0.6) is 0 Å². The third kappa shape index (κ3) is 4.57. The molecule has 2 aromatic heterocycles. The van der Waals surface area contributed by atoms with Gasteiger partial charge in [-0.1, -0.05) is 32.5 Å². The largest absolute Gasteiger partial charge is 0.341 e. The van der Waals surface area contributed by atoms with Crippen LogP contribution in [0.1, 0.15) is 37.6 Å². The second-order valence-corrected chi connectivity index (χ2v) is 10.2. The molecular weight excluding hydrogens is 394 g/mol. The van der Waals surface area contributed by atoms with Gasteiger partial charge in [0.15, 0.2) is 11.0 Å². The van der Waals surface area contributed by atoms with Crippen molar-refractivity contribution in [3.63, 3.8) is 0 Å². The predicted molar refractivity (Wildman–Crippen MR) is 113 cm³/mol. The van der Waals surface area contributed by atoms with Crippen molar-refractivity contribution in [2.24, 2.45) is 18.4 Å². The van der Waals surface area contributed by atoms with E-state index in [0.717, 1.165) is 23.5 Å². The Morgan fingerprint density at radius 2 is 2.11 bits per heavy atom. The molecule has 9 heteroatoms. The Hall–Kier alpha value is -1.87. The fourth-order valence-corrected chi connectivity index (χ4v) is 5.32. The summed E-state index contributed by atoms with van der Waals surface area (Å²) in [4.78, 5) is 25.5. The second kappa shape index (κ2) is 8.24. The molecule has 1 aliphatic rings. The van der Waals surface area contributed by atoms with Gasteiger partial charge in [-0.15, -0.1) is 21.5 Å². The minimum Gasteiger partial charge on any atom is -0.341 e. The van der Waals surface area contributed by atoms with Gasteiger partial charge in [-0.25, -0.2) is 4.79 Å². The van der Waals surface area contributed by atoms with Crippen molar-refractivity contribution in [3.8, 4) is 10.7 Å². The molecule has 1 atom stereocenters.